The number of carbonyl (C=O) groups excluding carboxylic acids is 1. The van der Waals surface area contributed by atoms with E-state index in [1.807, 2.05) is 6.07 Å². The second-order valence-corrected chi connectivity index (χ2v) is 11.0. The Morgan fingerprint density at radius 2 is 1.79 bits per heavy atom. The molecule has 0 bridgehead atoms. The molecule has 38 heavy (non-hydrogen) atoms. The van der Waals surface area contributed by atoms with Gasteiger partial charge in [-0.2, -0.15) is 23.4 Å². The van der Waals surface area contributed by atoms with Gasteiger partial charge >= 0.3 is 6.18 Å². The lowest BCUT2D eigenvalue weighted by Gasteiger charge is -2.28. The number of sulfone groups is 1. The zero-order valence-corrected chi connectivity index (χ0v) is 20.4. The highest BCUT2D eigenvalue weighted by molar-refractivity contribution is 7.90. The van der Waals surface area contributed by atoms with Crippen molar-refractivity contribution in [2.45, 2.75) is 42.4 Å². The molecule has 1 saturated carbocycles. The van der Waals surface area contributed by atoms with Gasteiger partial charge in [0, 0.05) is 5.56 Å². The first-order valence-electron chi connectivity index (χ1n) is 11.3. The van der Waals surface area contributed by atoms with Gasteiger partial charge in [-0.15, -0.1) is 0 Å². The van der Waals surface area contributed by atoms with E-state index in [2.05, 4.69) is 20.8 Å². The average molecular weight is 552 g/mol. The molecule has 1 aliphatic rings. The van der Waals surface area contributed by atoms with Gasteiger partial charge in [-0.05, 0) is 42.7 Å². The van der Waals surface area contributed by atoms with Gasteiger partial charge in [0.1, 0.15) is 29.2 Å². The van der Waals surface area contributed by atoms with Crippen LogP contribution in [0.2, 0.25) is 0 Å². The highest BCUT2D eigenvalue weighted by Gasteiger charge is 2.48. The fourth-order valence-corrected chi connectivity index (χ4v) is 5.05. The summed E-state index contributed by atoms with van der Waals surface area (Å²) < 4.78 is 86.3. The molecule has 0 spiro atoms. The highest BCUT2D eigenvalue weighted by Crippen LogP contribution is 2.36. The van der Waals surface area contributed by atoms with E-state index in [0.29, 0.717) is 5.56 Å². The summed E-state index contributed by atoms with van der Waals surface area (Å²) >= 11 is 0. The lowest BCUT2D eigenvalue weighted by atomic mass is 10.0. The number of rotatable bonds is 10. The summed E-state index contributed by atoms with van der Waals surface area (Å²) in [5.41, 5.74) is -1.16. The summed E-state index contributed by atoms with van der Waals surface area (Å²) in [6.45, 7) is 0. The largest absolute Gasteiger partial charge is 0.407 e. The highest BCUT2D eigenvalue weighted by atomic mass is 32.2. The molecule has 1 aromatic heterocycles. The van der Waals surface area contributed by atoms with Crippen molar-refractivity contribution in [1.29, 1.82) is 5.26 Å². The predicted octanol–water partition coefficient (Wildman–Crippen LogP) is 3.22. The molecular formula is C24H21F4N5O4S. The molecule has 2 aromatic carbocycles. The van der Waals surface area contributed by atoms with Gasteiger partial charge < -0.3 is 9.84 Å². The third kappa shape index (κ3) is 6.73. The van der Waals surface area contributed by atoms with Crippen molar-refractivity contribution in [3.05, 3.63) is 71.8 Å². The van der Waals surface area contributed by atoms with Crippen LogP contribution >= 0.6 is 0 Å². The number of halogens is 4. The van der Waals surface area contributed by atoms with E-state index < -0.39 is 62.4 Å². The lowest BCUT2D eigenvalue weighted by Crippen LogP contribution is -2.54. The van der Waals surface area contributed by atoms with Crippen molar-refractivity contribution in [2.24, 2.45) is 0 Å². The first-order valence-corrected chi connectivity index (χ1v) is 13.1. The van der Waals surface area contributed by atoms with Crippen LogP contribution in [0.5, 0.6) is 0 Å². The zero-order chi connectivity index (χ0) is 27.6. The Kier molecular flexibility index (Phi) is 7.52. The monoisotopic (exact) mass is 551 g/mol. The lowest BCUT2D eigenvalue weighted by molar-refractivity contribution is -0.160. The zero-order valence-electron chi connectivity index (χ0n) is 19.6. The van der Waals surface area contributed by atoms with Crippen LogP contribution in [0.3, 0.4) is 0 Å². The molecule has 0 aliphatic heterocycles. The van der Waals surface area contributed by atoms with Crippen LogP contribution in [0, 0.1) is 17.1 Å². The summed E-state index contributed by atoms with van der Waals surface area (Å²) in [4.78, 5) is 17.0. The third-order valence-electron chi connectivity index (χ3n) is 5.80. The molecule has 1 fully saturated rings. The minimum Gasteiger partial charge on any atom is -0.336 e. The van der Waals surface area contributed by atoms with Gasteiger partial charge in [-0.3, -0.25) is 10.1 Å². The molecule has 0 saturated heterocycles. The Labute approximate surface area is 214 Å². The summed E-state index contributed by atoms with van der Waals surface area (Å²) in [6, 6.07) is 9.34. The van der Waals surface area contributed by atoms with Gasteiger partial charge in [0.05, 0.1) is 11.8 Å². The van der Waals surface area contributed by atoms with E-state index in [4.69, 9.17) is 4.52 Å². The second kappa shape index (κ2) is 10.5. The number of benzene rings is 2. The van der Waals surface area contributed by atoms with Crippen LogP contribution < -0.4 is 10.6 Å². The summed E-state index contributed by atoms with van der Waals surface area (Å²) in [5, 5.41) is 17.3. The molecule has 0 radical (unpaired) electrons. The SMILES string of the molecule is N#CC1(NC(=O)C(CS(=O)(=O)Cc2noc(-c3ccccc3)n2)N[C@H](c2ccc(F)cc2)C(F)(F)F)CC1. The summed E-state index contributed by atoms with van der Waals surface area (Å²) in [7, 11) is -4.29. The molecule has 2 atom stereocenters. The van der Waals surface area contributed by atoms with Crippen molar-refractivity contribution in [2.75, 3.05) is 5.75 Å². The Balaban J connectivity index is 1.58. The van der Waals surface area contributed by atoms with Crippen molar-refractivity contribution in [3.63, 3.8) is 0 Å². The normalized spacial score (nSPS) is 16.3. The number of hydrogen-bond donors (Lipinski definition) is 2. The molecule has 14 heteroatoms. The third-order valence-corrected chi connectivity index (χ3v) is 7.34. The molecule has 1 unspecified atom stereocenters. The quantitative estimate of drug-likeness (QED) is 0.367. The maximum Gasteiger partial charge on any atom is 0.407 e. The minimum absolute atomic E-state index is 0.0429. The van der Waals surface area contributed by atoms with E-state index in [1.165, 1.54) is 0 Å². The Morgan fingerprint density at radius 3 is 2.37 bits per heavy atom. The first kappa shape index (κ1) is 27.2. The molecule has 1 amide bonds. The summed E-state index contributed by atoms with van der Waals surface area (Å²) in [5.74, 6) is -3.95. The molecule has 1 heterocycles. The maximum atomic E-state index is 14.0. The van der Waals surface area contributed by atoms with Crippen molar-refractivity contribution in [3.8, 4) is 17.5 Å². The molecular weight excluding hydrogens is 530 g/mol. The Hall–Kier alpha value is -3.83. The van der Waals surface area contributed by atoms with E-state index in [-0.39, 0.29) is 24.6 Å². The molecule has 1 aliphatic carbocycles. The summed E-state index contributed by atoms with van der Waals surface area (Å²) in [6.07, 6.45) is -4.41. The van der Waals surface area contributed by atoms with E-state index in [1.54, 1.807) is 30.3 Å². The van der Waals surface area contributed by atoms with Gasteiger partial charge in [0.2, 0.25) is 5.91 Å². The predicted molar refractivity (Wildman–Crippen MR) is 125 cm³/mol. The fourth-order valence-electron chi connectivity index (χ4n) is 3.67. The number of carbonyl (C=O) groups is 1. The van der Waals surface area contributed by atoms with Crippen molar-refractivity contribution < 1.29 is 35.3 Å². The number of nitriles is 1. The van der Waals surface area contributed by atoms with E-state index >= 15 is 0 Å². The smallest absolute Gasteiger partial charge is 0.336 e. The number of hydrogen-bond acceptors (Lipinski definition) is 8. The number of alkyl halides is 3. The van der Waals surface area contributed by atoms with Crippen LogP contribution in [-0.4, -0.2) is 48.0 Å². The van der Waals surface area contributed by atoms with Gasteiger partial charge in [0.25, 0.3) is 5.89 Å². The fraction of sp³-hybridized carbons (Fsp3) is 0.333. The average Bonchev–Trinajstić information content (AvgIpc) is 3.49. The van der Waals surface area contributed by atoms with E-state index in [9.17, 15) is 36.0 Å². The van der Waals surface area contributed by atoms with Crippen molar-refractivity contribution in [1.82, 2.24) is 20.8 Å². The van der Waals surface area contributed by atoms with Crippen LogP contribution in [0.25, 0.3) is 11.5 Å². The van der Waals surface area contributed by atoms with Gasteiger partial charge in [0.15, 0.2) is 15.7 Å². The molecule has 2 N–H and O–H groups in total. The molecule has 3 aromatic rings. The van der Waals surface area contributed by atoms with E-state index in [0.717, 1.165) is 24.3 Å². The van der Waals surface area contributed by atoms with Gasteiger partial charge in [-0.1, -0.05) is 35.5 Å². The minimum atomic E-state index is -4.97. The van der Waals surface area contributed by atoms with Crippen LogP contribution in [-0.2, 0) is 20.4 Å². The number of aromatic nitrogens is 2. The van der Waals surface area contributed by atoms with Gasteiger partial charge in [-0.25, -0.2) is 12.8 Å². The standard InChI is InChI=1S/C24H21F4N5O4S/c25-17-8-6-15(7-9-17)20(24(26,27)28)30-18(21(34)32-23(14-29)10-11-23)12-38(35,36)13-19-31-22(37-33-19)16-4-2-1-3-5-16/h1-9,18,20,30H,10-13H2,(H,32,34)/t18?,20-/m1/s1. The molecule has 9 nitrogen and oxygen atoms in total. The first-order chi connectivity index (χ1) is 17.9. The number of nitrogens with zero attached hydrogens (tertiary/aromatic N) is 3. The number of nitrogens with one attached hydrogen (secondary N) is 2. The Bertz CT molecular complexity index is 1430. The maximum absolute atomic E-state index is 14.0. The number of amides is 1. The van der Waals surface area contributed by atoms with Crippen LogP contribution in [0.4, 0.5) is 17.6 Å². The van der Waals surface area contributed by atoms with Crippen LogP contribution in [0.1, 0.15) is 30.3 Å². The topological polar surface area (TPSA) is 138 Å². The second-order valence-electron chi connectivity index (χ2n) is 8.86. The van der Waals surface area contributed by atoms with Crippen LogP contribution in [0.15, 0.2) is 59.1 Å². The molecule has 4 rings (SSSR count). The molecule has 200 valence electrons. The van der Waals surface area contributed by atoms with Crippen molar-refractivity contribution >= 4 is 15.7 Å². The Morgan fingerprint density at radius 1 is 1.13 bits per heavy atom.